The second-order valence-electron chi connectivity index (χ2n) is 9.19. The van der Waals surface area contributed by atoms with Crippen LogP contribution in [-0.4, -0.2) is 76.2 Å². The Morgan fingerprint density at radius 2 is 1.72 bits per heavy atom. The normalized spacial score (nSPS) is 15.1. The fourth-order valence-electron chi connectivity index (χ4n) is 4.66. The van der Waals surface area contributed by atoms with Gasteiger partial charge in [-0.2, -0.15) is 0 Å². The number of nitrogens with zero attached hydrogens (tertiary/aromatic N) is 7. The minimum absolute atomic E-state index is 0.0702. The standard InChI is InChI=1S/C27H31N7O2/c1-31(2)23-12-10-22(11-13-23)25(26-28-29-30-34(26)15-14-21-7-4-3-5-8-21)32-16-18-33(19-17-32)27(35)24-9-6-20-36-24/h3-13,20,25H,14-19H2,1-2H3/t25-/m0/s1. The molecule has 0 saturated carbocycles. The Kier molecular flexibility index (Phi) is 7.08. The highest BCUT2D eigenvalue weighted by Gasteiger charge is 2.32. The molecule has 1 fully saturated rings. The molecule has 186 valence electrons. The van der Waals surface area contributed by atoms with Gasteiger partial charge in [-0.05, 0) is 52.2 Å². The number of hydrogen-bond acceptors (Lipinski definition) is 7. The van der Waals surface area contributed by atoms with Crippen LogP contribution in [0.3, 0.4) is 0 Å². The predicted octanol–water partition coefficient (Wildman–Crippen LogP) is 3.12. The molecule has 5 rings (SSSR count). The quantitative estimate of drug-likeness (QED) is 0.379. The molecule has 0 N–H and O–H groups in total. The van der Waals surface area contributed by atoms with Crippen LogP contribution >= 0.6 is 0 Å². The summed E-state index contributed by atoms with van der Waals surface area (Å²) in [5.41, 5.74) is 3.51. The first-order chi connectivity index (χ1) is 17.6. The average Bonchev–Trinajstić information content (AvgIpc) is 3.62. The van der Waals surface area contributed by atoms with Gasteiger partial charge in [0.25, 0.3) is 5.91 Å². The Bertz CT molecular complexity index is 1250. The number of hydrogen-bond donors (Lipinski definition) is 0. The number of carbonyl (C=O) groups is 1. The summed E-state index contributed by atoms with van der Waals surface area (Å²) in [4.78, 5) is 19.1. The third-order valence-corrected chi connectivity index (χ3v) is 6.68. The molecular formula is C27H31N7O2. The summed E-state index contributed by atoms with van der Waals surface area (Å²) in [5, 5.41) is 12.9. The van der Waals surface area contributed by atoms with Gasteiger partial charge in [-0.15, -0.1) is 5.10 Å². The number of carbonyl (C=O) groups excluding carboxylic acids is 1. The zero-order valence-corrected chi connectivity index (χ0v) is 20.7. The first-order valence-electron chi connectivity index (χ1n) is 12.2. The second kappa shape index (κ2) is 10.7. The van der Waals surface area contributed by atoms with Crippen molar-refractivity contribution in [3.63, 3.8) is 0 Å². The van der Waals surface area contributed by atoms with Crippen LogP contribution in [0, 0.1) is 0 Å². The van der Waals surface area contributed by atoms with Crippen molar-refractivity contribution in [3.8, 4) is 0 Å². The molecule has 9 heteroatoms. The molecule has 1 amide bonds. The summed E-state index contributed by atoms with van der Waals surface area (Å²) in [5.74, 6) is 1.12. The van der Waals surface area contributed by atoms with Gasteiger partial charge in [0.05, 0.1) is 12.3 Å². The molecule has 0 aliphatic carbocycles. The third-order valence-electron chi connectivity index (χ3n) is 6.68. The molecule has 9 nitrogen and oxygen atoms in total. The molecule has 1 aliphatic rings. The van der Waals surface area contributed by atoms with Crippen LogP contribution in [0.5, 0.6) is 0 Å². The number of tetrazole rings is 1. The molecule has 0 radical (unpaired) electrons. The van der Waals surface area contributed by atoms with Crippen molar-refractivity contribution >= 4 is 11.6 Å². The lowest BCUT2D eigenvalue weighted by molar-refractivity contribution is 0.0559. The first kappa shape index (κ1) is 23.7. The Morgan fingerprint density at radius 3 is 2.39 bits per heavy atom. The highest BCUT2D eigenvalue weighted by molar-refractivity contribution is 5.91. The number of amides is 1. The average molecular weight is 486 g/mol. The minimum atomic E-state index is -0.118. The molecule has 1 atom stereocenters. The van der Waals surface area contributed by atoms with Crippen molar-refractivity contribution in [2.45, 2.75) is 19.0 Å². The molecule has 0 spiro atoms. The van der Waals surface area contributed by atoms with Crippen LogP contribution in [0.25, 0.3) is 0 Å². The van der Waals surface area contributed by atoms with Gasteiger partial charge < -0.3 is 14.2 Å². The molecule has 1 saturated heterocycles. The number of aryl methyl sites for hydroxylation is 2. The van der Waals surface area contributed by atoms with Gasteiger partial charge >= 0.3 is 0 Å². The van der Waals surface area contributed by atoms with E-state index in [-0.39, 0.29) is 11.9 Å². The molecule has 0 unspecified atom stereocenters. The molecule has 4 aromatic rings. The van der Waals surface area contributed by atoms with Crippen molar-refractivity contribution in [2.75, 3.05) is 45.2 Å². The van der Waals surface area contributed by atoms with E-state index >= 15 is 0 Å². The van der Waals surface area contributed by atoms with E-state index in [0.29, 0.717) is 38.5 Å². The number of rotatable bonds is 8. The second-order valence-corrected chi connectivity index (χ2v) is 9.19. The number of piperazine rings is 1. The zero-order valence-electron chi connectivity index (χ0n) is 20.7. The fraction of sp³-hybridized carbons (Fsp3) is 0.333. The van der Waals surface area contributed by atoms with Gasteiger partial charge in [0.2, 0.25) is 0 Å². The van der Waals surface area contributed by atoms with Gasteiger partial charge in [0, 0.05) is 52.5 Å². The summed E-state index contributed by atoms with van der Waals surface area (Å²) in [6.07, 6.45) is 2.38. The SMILES string of the molecule is CN(C)c1ccc([C@@H](c2nnnn2CCc2ccccc2)N2CCN(C(=O)c3ccco3)CC2)cc1. The Labute approximate surface area is 210 Å². The lowest BCUT2D eigenvalue weighted by atomic mass is 10.0. The molecule has 3 heterocycles. The molecule has 36 heavy (non-hydrogen) atoms. The molecule has 0 bridgehead atoms. The van der Waals surface area contributed by atoms with Crippen LogP contribution in [-0.2, 0) is 13.0 Å². The smallest absolute Gasteiger partial charge is 0.289 e. The van der Waals surface area contributed by atoms with E-state index in [9.17, 15) is 4.79 Å². The highest BCUT2D eigenvalue weighted by Crippen LogP contribution is 2.30. The van der Waals surface area contributed by atoms with E-state index in [2.05, 4.69) is 73.9 Å². The van der Waals surface area contributed by atoms with Gasteiger partial charge in [-0.3, -0.25) is 9.69 Å². The van der Waals surface area contributed by atoms with Gasteiger partial charge in [-0.25, -0.2) is 4.68 Å². The van der Waals surface area contributed by atoms with E-state index in [1.165, 1.54) is 11.8 Å². The minimum Gasteiger partial charge on any atom is -0.459 e. The number of aromatic nitrogens is 4. The lowest BCUT2D eigenvalue weighted by Gasteiger charge is -2.38. The molecular weight excluding hydrogens is 454 g/mol. The van der Waals surface area contributed by atoms with E-state index in [1.807, 2.05) is 29.7 Å². The topological polar surface area (TPSA) is 83.5 Å². The van der Waals surface area contributed by atoms with Gasteiger partial charge in [-0.1, -0.05) is 42.5 Å². The zero-order chi connectivity index (χ0) is 24.9. The molecule has 1 aliphatic heterocycles. The largest absolute Gasteiger partial charge is 0.459 e. The predicted molar refractivity (Wildman–Crippen MR) is 137 cm³/mol. The van der Waals surface area contributed by atoms with Crippen LogP contribution in [0.1, 0.15) is 33.5 Å². The lowest BCUT2D eigenvalue weighted by Crippen LogP contribution is -2.50. The van der Waals surface area contributed by atoms with E-state index in [0.717, 1.165) is 23.5 Å². The summed E-state index contributed by atoms with van der Waals surface area (Å²) >= 11 is 0. The summed E-state index contributed by atoms with van der Waals surface area (Å²) < 4.78 is 7.24. The fourth-order valence-corrected chi connectivity index (χ4v) is 4.66. The van der Waals surface area contributed by atoms with Crippen molar-refractivity contribution in [1.82, 2.24) is 30.0 Å². The van der Waals surface area contributed by atoms with Crippen molar-refractivity contribution in [2.24, 2.45) is 0 Å². The van der Waals surface area contributed by atoms with E-state index in [1.54, 1.807) is 12.1 Å². The van der Waals surface area contributed by atoms with Crippen molar-refractivity contribution in [3.05, 3.63) is 95.7 Å². The maximum absolute atomic E-state index is 12.8. The van der Waals surface area contributed by atoms with E-state index in [4.69, 9.17) is 4.42 Å². The van der Waals surface area contributed by atoms with Crippen molar-refractivity contribution < 1.29 is 9.21 Å². The van der Waals surface area contributed by atoms with Gasteiger partial charge in [0.15, 0.2) is 11.6 Å². The maximum atomic E-state index is 12.8. The van der Waals surface area contributed by atoms with Crippen LogP contribution in [0.2, 0.25) is 0 Å². The molecule has 2 aromatic carbocycles. The van der Waals surface area contributed by atoms with Crippen LogP contribution < -0.4 is 4.90 Å². The number of furan rings is 1. The molecule has 2 aromatic heterocycles. The Morgan fingerprint density at radius 1 is 0.972 bits per heavy atom. The van der Waals surface area contributed by atoms with Crippen molar-refractivity contribution in [1.29, 1.82) is 0 Å². The maximum Gasteiger partial charge on any atom is 0.289 e. The summed E-state index contributed by atoms with van der Waals surface area (Å²) in [7, 11) is 4.07. The summed E-state index contributed by atoms with van der Waals surface area (Å²) in [6.45, 7) is 3.32. The van der Waals surface area contributed by atoms with E-state index < -0.39 is 0 Å². The highest BCUT2D eigenvalue weighted by atomic mass is 16.3. The Balaban J connectivity index is 1.38. The first-order valence-corrected chi connectivity index (χ1v) is 12.2. The van der Waals surface area contributed by atoms with Crippen LogP contribution in [0.4, 0.5) is 5.69 Å². The number of anilines is 1. The Hall–Kier alpha value is -3.98. The third kappa shape index (κ3) is 5.16. The summed E-state index contributed by atoms with van der Waals surface area (Å²) in [6, 6.07) is 22.2. The van der Waals surface area contributed by atoms with Gasteiger partial charge in [0.1, 0.15) is 0 Å². The van der Waals surface area contributed by atoms with Crippen LogP contribution in [0.15, 0.2) is 77.4 Å². The number of benzene rings is 2. The monoisotopic (exact) mass is 485 g/mol.